The van der Waals surface area contributed by atoms with Crippen LogP contribution in [0.2, 0.25) is 0 Å². The molecule has 0 unspecified atom stereocenters. The second kappa shape index (κ2) is 8.87. The van der Waals surface area contributed by atoms with Crippen molar-refractivity contribution in [2.45, 2.75) is 18.2 Å². The fourth-order valence-corrected chi connectivity index (χ4v) is 3.80. The zero-order valence-corrected chi connectivity index (χ0v) is 16.7. The summed E-state index contributed by atoms with van der Waals surface area (Å²) in [4.78, 5) is -0.289. The molecule has 0 aliphatic heterocycles. The molecular weight excluding hydrogens is 397 g/mol. The summed E-state index contributed by atoms with van der Waals surface area (Å²) in [7, 11) is -2.75. The number of nitrogens with one attached hydrogen (secondary N) is 1. The number of sulfonamides is 1. The molecule has 9 heteroatoms. The minimum Gasteiger partial charge on any atom is -0.495 e. The van der Waals surface area contributed by atoms with Crippen molar-refractivity contribution in [3.8, 4) is 22.9 Å². The number of hydrogen-bond acceptors (Lipinski definition) is 6. The molecular formula is C20H20FN3O4S. The third-order valence-electron chi connectivity index (χ3n) is 3.92. The van der Waals surface area contributed by atoms with Crippen LogP contribution in [0.25, 0.3) is 11.3 Å². The second-order valence-electron chi connectivity index (χ2n) is 6.09. The summed E-state index contributed by atoms with van der Waals surface area (Å²) in [6, 6.07) is 13.4. The zero-order chi connectivity index (χ0) is 20.9. The van der Waals surface area contributed by atoms with Crippen molar-refractivity contribution in [2.75, 3.05) is 18.4 Å². The summed E-state index contributed by atoms with van der Waals surface area (Å²) in [5, 5.41) is 8.12. The average molecular weight is 417 g/mol. The van der Waals surface area contributed by atoms with Gasteiger partial charge in [-0.1, -0.05) is 19.1 Å². The number of rotatable bonds is 8. The van der Waals surface area contributed by atoms with Crippen molar-refractivity contribution in [1.82, 2.24) is 10.2 Å². The number of ether oxygens (including phenoxy) is 2. The number of hydrogen-bond donors (Lipinski definition) is 1. The molecule has 1 N–H and O–H groups in total. The fraction of sp³-hybridized carbons (Fsp3) is 0.200. The molecule has 3 rings (SSSR count). The molecule has 0 aliphatic carbocycles. The highest BCUT2D eigenvalue weighted by molar-refractivity contribution is 7.92. The predicted octanol–water partition coefficient (Wildman–Crippen LogP) is 3.88. The molecule has 0 aliphatic rings. The van der Waals surface area contributed by atoms with Gasteiger partial charge in [0.15, 0.2) is 0 Å². The quantitative estimate of drug-likeness (QED) is 0.598. The first-order valence-corrected chi connectivity index (χ1v) is 10.3. The standard InChI is InChI=1S/C20H20FN3O4S/c1-3-11-28-20-10-8-17(22-23-20)14-5-4-6-16(12-14)24-29(25,26)19-13-15(21)7-9-18(19)27-2/h4-10,12-13,24H,3,11H2,1-2H3. The average Bonchev–Trinajstić information content (AvgIpc) is 2.72. The van der Waals surface area contributed by atoms with Crippen LogP contribution in [-0.2, 0) is 10.0 Å². The summed E-state index contributed by atoms with van der Waals surface area (Å²) in [5.41, 5.74) is 1.51. The molecule has 1 aromatic heterocycles. The van der Waals surface area contributed by atoms with Gasteiger partial charge in [-0.25, -0.2) is 12.8 Å². The molecule has 0 bridgehead atoms. The second-order valence-corrected chi connectivity index (χ2v) is 7.74. The normalized spacial score (nSPS) is 11.1. The van der Waals surface area contributed by atoms with Crippen LogP contribution in [0.5, 0.6) is 11.6 Å². The first-order valence-electron chi connectivity index (χ1n) is 8.86. The van der Waals surface area contributed by atoms with Gasteiger partial charge in [0.1, 0.15) is 16.5 Å². The molecule has 0 amide bonds. The largest absolute Gasteiger partial charge is 0.495 e. The highest BCUT2D eigenvalue weighted by atomic mass is 32.2. The highest BCUT2D eigenvalue weighted by Gasteiger charge is 2.21. The van der Waals surface area contributed by atoms with Gasteiger partial charge in [0, 0.05) is 17.3 Å². The fourth-order valence-electron chi connectivity index (χ4n) is 2.57. The van der Waals surface area contributed by atoms with Gasteiger partial charge in [-0.15, -0.1) is 10.2 Å². The van der Waals surface area contributed by atoms with Gasteiger partial charge in [-0.3, -0.25) is 4.72 Å². The van der Waals surface area contributed by atoms with Gasteiger partial charge in [0.05, 0.1) is 19.4 Å². The highest BCUT2D eigenvalue weighted by Crippen LogP contribution is 2.28. The molecule has 7 nitrogen and oxygen atoms in total. The number of anilines is 1. The molecule has 0 fully saturated rings. The Kier molecular flexibility index (Phi) is 6.28. The third-order valence-corrected chi connectivity index (χ3v) is 5.32. The molecule has 0 atom stereocenters. The van der Waals surface area contributed by atoms with Crippen LogP contribution >= 0.6 is 0 Å². The monoisotopic (exact) mass is 417 g/mol. The van der Waals surface area contributed by atoms with Gasteiger partial charge >= 0.3 is 0 Å². The van der Waals surface area contributed by atoms with Crippen molar-refractivity contribution in [2.24, 2.45) is 0 Å². The van der Waals surface area contributed by atoms with E-state index in [1.54, 1.807) is 36.4 Å². The van der Waals surface area contributed by atoms with Crippen molar-refractivity contribution in [3.05, 3.63) is 60.4 Å². The first kappa shape index (κ1) is 20.5. The molecule has 152 valence electrons. The van der Waals surface area contributed by atoms with Gasteiger partial charge < -0.3 is 9.47 Å². The lowest BCUT2D eigenvalue weighted by Crippen LogP contribution is -2.14. The molecule has 2 aromatic carbocycles. The Hall–Kier alpha value is -3.20. The Morgan fingerprint density at radius 1 is 1.07 bits per heavy atom. The molecule has 0 spiro atoms. The van der Waals surface area contributed by atoms with E-state index in [-0.39, 0.29) is 10.6 Å². The molecule has 0 saturated heterocycles. The van der Waals surface area contributed by atoms with Crippen molar-refractivity contribution < 1.29 is 22.3 Å². The van der Waals surface area contributed by atoms with Crippen LogP contribution in [0, 0.1) is 5.82 Å². The smallest absolute Gasteiger partial charge is 0.265 e. The van der Waals surface area contributed by atoms with E-state index < -0.39 is 15.8 Å². The van der Waals surface area contributed by atoms with E-state index in [2.05, 4.69) is 14.9 Å². The van der Waals surface area contributed by atoms with E-state index in [9.17, 15) is 12.8 Å². The molecule has 3 aromatic rings. The van der Waals surface area contributed by atoms with Crippen LogP contribution in [0.1, 0.15) is 13.3 Å². The van der Waals surface area contributed by atoms with Crippen LogP contribution in [0.3, 0.4) is 0 Å². The Morgan fingerprint density at radius 3 is 2.59 bits per heavy atom. The van der Waals surface area contributed by atoms with Gasteiger partial charge in [-0.05, 0) is 42.8 Å². The van der Waals surface area contributed by atoms with Crippen LogP contribution in [0.15, 0.2) is 59.5 Å². The summed E-state index contributed by atoms with van der Waals surface area (Å²) in [5.74, 6) is -0.213. The van der Waals surface area contributed by atoms with Gasteiger partial charge in [0.2, 0.25) is 5.88 Å². The number of halogens is 1. The molecule has 29 heavy (non-hydrogen) atoms. The van der Waals surface area contributed by atoms with E-state index in [4.69, 9.17) is 9.47 Å². The van der Waals surface area contributed by atoms with E-state index in [0.29, 0.717) is 29.4 Å². The lowest BCUT2D eigenvalue weighted by atomic mass is 10.1. The SMILES string of the molecule is CCCOc1ccc(-c2cccc(NS(=O)(=O)c3cc(F)ccc3OC)c2)nn1. The van der Waals surface area contributed by atoms with Crippen LogP contribution in [0.4, 0.5) is 10.1 Å². The lowest BCUT2D eigenvalue weighted by Gasteiger charge is -2.12. The minimum absolute atomic E-state index is 0.0450. The first-order chi connectivity index (χ1) is 13.9. The summed E-state index contributed by atoms with van der Waals surface area (Å²) >= 11 is 0. The molecule has 0 radical (unpaired) electrons. The predicted molar refractivity (Wildman–Crippen MR) is 107 cm³/mol. The number of aromatic nitrogens is 2. The maximum atomic E-state index is 13.6. The Bertz CT molecular complexity index is 1090. The minimum atomic E-state index is -4.07. The number of nitrogens with zero attached hydrogens (tertiary/aromatic N) is 2. The van der Waals surface area contributed by atoms with E-state index >= 15 is 0 Å². The van der Waals surface area contributed by atoms with Crippen molar-refractivity contribution in [3.63, 3.8) is 0 Å². The van der Waals surface area contributed by atoms with Gasteiger partial charge in [-0.2, -0.15) is 0 Å². The van der Waals surface area contributed by atoms with Crippen molar-refractivity contribution >= 4 is 15.7 Å². The lowest BCUT2D eigenvalue weighted by molar-refractivity contribution is 0.302. The van der Waals surface area contributed by atoms with Crippen LogP contribution < -0.4 is 14.2 Å². The van der Waals surface area contributed by atoms with Crippen LogP contribution in [-0.4, -0.2) is 32.3 Å². The topological polar surface area (TPSA) is 90.4 Å². The number of benzene rings is 2. The molecule has 1 heterocycles. The summed E-state index contributed by atoms with van der Waals surface area (Å²) in [6.45, 7) is 2.54. The zero-order valence-electron chi connectivity index (χ0n) is 15.9. The Morgan fingerprint density at radius 2 is 1.90 bits per heavy atom. The van der Waals surface area contributed by atoms with E-state index in [0.717, 1.165) is 18.6 Å². The Balaban J connectivity index is 1.85. The number of methoxy groups -OCH3 is 1. The van der Waals surface area contributed by atoms with Gasteiger partial charge in [0.25, 0.3) is 10.0 Å². The van der Waals surface area contributed by atoms with Crippen molar-refractivity contribution in [1.29, 1.82) is 0 Å². The molecule has 0 saturated carbocycles. The van der Waals surface area contributed by atoms with E-state index in [1.807, 2.05) is 6.92 Å². The maximum absolute atomic E-state index is 13.6. The van der Waals surface area contributed by atoms with E-state index in [1.165, 1.54) is 13.2 Å². The summed E-state index contributed by atoms with van der Waals surface area (Å²) < 4.78 is 51.9. The maximum Gasteiger partial charge on any atom is 0.265 e. The Labute approximate surface area is 168 Å². The third kappa shape index (κ3) is 5.00. The summed E-state index contributed by atoms with van der Waals surface area (Å²) in [6.07, 6.45) is 0.863.